The molecule has 0 heterocycles. The standard InChI is InChI=1S/C16H23NO/c1-13(15-8-10-16(18-2)11-9-15)17-12-14-6-4-3-5-7-14/h3-4,8-11,13-14,17H,5-7,12H2,1-2H3/t13-,14?/m1/s1. The van der Waals surface area contributed by atoms with Gasteiger partial charge in [0.2, 0.25) is 0 Å². The fraction of sp³-hybridized carbons (Fsp3) is 0.500. The topological polar surface area (TPSA) is 21.3 Å². The van der Waals surface area contributed by atoms with Crippen LogP contribution in [0.25, 0.3) is 0 Å². The fourth-order valence-electron chi connectivity index (χ4n) is 2.40. The van der Waals surface area contributed by atoms with Gasteiger partial charge in [0.1, 0.15) is 5.75 Å². The Balaban J connectivity index is 1.82. The second-order valence-corrected chi connectivity index (χ2v) is 5.05. The molecule has 2 atom stereocenters. The number of ether oxygens (including phenoxy) is 1. The summed E-state index contributed by atoms with van der Waals surface area (Å²) in [5, 5.41) is 3.63. The number of hydrogen-bond donors (Lipinski definition) is 1. The quantitative estimate of drug-likeness (QED) is 0.799. The molecule has 0 aromatic heterocycles. The molecule has 1 unspecified atom stereocenters. The molecule has 0 saturated heterocycles. The van der Waals surface area contributed by atoms with E-state index in [1.54, 1.807) is 7.11 Å². The summed E-state index contributed by atoms with van der Waals surface area (Å²) < 4.78 is 5.18. The van der Waals surface area contributed by atoms with Gasteiger partial charge < -0.3 is 10.1 Å². The Bertz CT molecular complexity index is 383. The van der Waals surface area contributed by atoms with Crippen LogP contribution in [-0.4, -0.2) is 13.7 Å². The Morgan fingerprint density at radius 2 is 2.06 bits per heavy atom. The van der Waals surface area contributed by atoms with Crippen LogP contribution >= 0.6 is 0 Å². The van der Waals surface area contributed by atoms with E-state index in [1.807, 2.05) is 12.1 Å². The molecule has 18 heavy (non-hydrogen) atoms. The predicted octanol–water partition coefficient (Wildman–Crippen LogP) is 3.70. The van der Waals surface area contributed by atoms with E-state index < -0.39 is 0 Å². The molecule has 1 aromatic carbocycles. The molecule has 2 nitrogen and oxygen atoms in total. The lowest BCUT2D eigenvalue weighted by molar-refractivity contribution is 0.410. The maximum atomic E-state index is 5.18. The van der Waals surface area contributed by atoms with Gasteiger partial charge in [-0.1, -0.05) is 24.3 Å². The predicted molar refractivity (Wildman–Crippen MR) is 75.9 cm³/mol. The molecule has 0 spiro atoms. The summed E-state index contributed by atoms with van der Waals surface area (Å²) in [6.07, 6.45) is 8.39. The number of allylic oxidation sites excluding steroid dienone is 2. The van der Waals surface area contributed by atoms with Gasteiger partial charge in [-0.3, -0.25) is 0 Å². The molecule has 98 valence electrons. The van der Waals surface area contributed by atoms with Crippen molar-refractivity contribution in [1.82, 2.24) is 5.32 Å². The molecule has 0 amide bonds. The average Bonchev–Trinajstić information content (AvgIpc) is 2.46. The molecule has 1 aliphatic rings. The summed E-state index contributed by atoms with van der Waals surface area (Å²) >= 11 is 0. The van der Waals surface area contributed by atoms with E-state index in [1.165, 1.54) is 24.8 Å². The van der Waals surface area contributed by atoms with E-state index in [4.69, 9.17) is 4.74 Å². The van der Waals surface area contributed by atoms with Crippen LogP contribution in [0, 0.1) is 5.92 Å². The number of hydrogen-bond acceptors (Lipinski definition) is 2. The van der Waals surface area contributed by atoms with Crippen molar-refractivity contribution in [2.24, 2.45) is 5.92 Å². The highest BCUT2D eigenvalue weighted by molar-refractivity contribution is 5.28. The summed E-state index contributed by atoms with van der Waals surface area (Å²) in [5.41, 5.74) is 1.32. The monoisotopic (exact) mass is 245 g/mol. The van der Waals surface area contributed by atoms with E-state index in [2.05, 4.69) is 36.5 Å². The summed E-state index contributed by atoms with van der Waals surface area (Å²) in [7, 11) is 1.70. The third kappa shape index (κ3) is 3.61. The highest BCUT2D eigenvalue weighted by Gasteiger charge is 2.11. The maximum absolute atomic E-state index is 5.18. The molecule has 2 rings (SSSR count). The largest absolute Gasteiger partial charge is 0.497 e. The normalized spacial score (nSPS) is 20.7. The first-order valence-electron chi connectivity index (χ1n) is 6.82. The van der Waals surface area contributed by atoms with Gasteiger partial charge in [-0.25, -0.2) is 0 Å². The van der Waals surface area contributed by atoms with Crippen molar-refractivity contribution in [3.8, 4) is 5.75 Å². The first-order valence-corrected chi connectivity index (χ1v) is 6.82. The van der Waals surface area contributed by atoms with Crippen LogP contribution in [0.3, 0.4) is 0 Å². The zero-order valence-electron chi connectivity index (χ0n) is 11.4. The van der Waals surface area contributed by atoms with E-state index in [9.17, 15) is 0 Å². The zero-order chi connectivity index (χ0) is 12.8. The van der Waals surface area contributed by atoms with Crippen molar-refractivity contribution in [2.75, 3.05) is 13.7 Å². The van der Waals surface area contributed by atoms with Crippen LogP contribution in [0.2, 0.25) is 0 Å². The van der Waals surface area contributed by atoms with Crippen molar-refractivity contribution in [2.45, 2.75) is 32.2 Å². The van der Waals surface area contributed by atoms with Gasteiger partial charge in [0.05, 0.1) is 7.11 Å². The van der Waals surface area contributed by atoms with Gasteiger partial charge >= 0.3 is 0 Å². The molecule has 0 radical (unpaired) electrons. The Hall–Kier alpha value is -1.28. The summed E-state index contributed by atoms with van der Waals surface area (Å²) in [6, 6.07) is 8.73. The zero-order valence-corrected chi connectivity index (χ0v) is 11.4. The van der Waals surface area contributed by atoms with E-state index >= 15 is 0 Å². The Labute approximate surface area is 110 Å². The molecule has 2 heteroatoms. The summed E-state index contributed by atoms with van der Waals surface area (Å²) in [4.78, 5) is 0. The van der Waals surface area contributed by atoms with Crippen LogP contribution in [0.4, 0.5) is 0 Å². The molecule has 0 aliphatic heterocycles. The van der Waals surface area contributed by atoms with Crippen LogP contribution in [0.15, 0.2) is 36.4 Å². The van der Waals surface area contributed by atoms with Crippen LogP contribution in [-0.2, 0) is 0 Å². The van der Waals surface area contributed by atoms with Crippen LogP contribution < -0.4 is 10.1 Å². The highest BCUT2D eigenvalue weighted by Crippen LogP contribution is 2.20. The molecule has 0 saturated carbocycles. The number of rotatable bonds is 5. The van der Waals surface area contributed by atoms with Gasteiger partial charge in [0.15, 0.2) is 0 Å². The molecular weight excluding hydrogens is 222 g/mol. The SMILES string of the molecule is COc1ccc([C@@H](C)NCC2CC=CCC2)cc1. The number of nitrogens with one attached hydrogen (secondary N) is 1. The van der Waals surface area contributed by atoms with Crippen LogP contribution in [0.1, 0.15) is 37.8 Å². The second-order valence-electron chi connectivity index (χ2n) is 5.05. The van der Waals surface area contributed by atoms with E-state index in [0.717, 1.165) is 18.2 Å². The van der Waals surface area contributed by atoms with Crippen molar-refractivity contribution in [3.05, 3.63) is 42.0 Å². The Kier molecular flexibility index (Phi) is 4.82. The van der Waals surface area contributed by atoms with Gasteiger partial charge in [-0.05, 0) is 56.3 Å². The fourth-order valence-corrected chi connectivity index (χ4v) is 2.40. The first kappa shape index (κ1) is 13.2. The Morgan fingerprint density at radius 3 is 2.67 bits per heavy atom. The minimum atomic E-state index is 0.404. The third-order valence-corrected chi connectivity index (χ3v) is 3.71. The van der Waals surface area contributed by atoms with E-state index in [0.29, 0.717) is 6.04 Å². The minimum Gasteiger partial charge on any atom is -0.497 e. The number of methoxy groups -OCH3 is 1. The second kappa shape index (κ2) is 6.60. The molecule has 0 fully saturated rings. The molecule has 0 bridgehead atoms. The molecule has 1 aromatic rings. The van der Waals surface area contributed by atoms with Crippen molar-refractivity contribution < 1.29 is 4.74 Å². The van der Waals surface area contributed by atoms with Gasteiger partial charge in [-0.15, -0.1) is 0 Å². The maximum Gasteiger partial charge on any atom is 0.118 e. The van der Waals surface area contributed by atoms with E-state index in [-0.39, 0.29) is 0 Å². The lowest BCUT2D eigenvalue weighted by atomic mass is 9.94. The first-order chi connectivity index (χ1) is 8.79. The molecular formula is C16H23NO. The van der Waals surface area contributed by atoms with Gasteiger partial charge in [0.25, 0.3) is 0 Å². The molecule has 1 aliphatic carbocycles. The van der Waals surface area contributed by atoms with Crippen LogP contribution in [0.5, 0.6) is 5.75 Å². The van der Waals surface area contributed by atoms with Crippen molar-refractivity contribution >= 4 is 0 Å². The lowest BCUT2D eigenvalue weighted by Crippen LogP contribution is -2.26. The smallest absolute Gasteiger partial charge is 0.118 e. The minimum absolute atomic E-state index is 0.404. The summed E-state index contributed by atoms with van der Waals surface area (Å²) in [6.45, 7) is 3.33. The molecule has 1 N–H and O–H groups in total. The summed E-state index contributed by atoms with van der Waals surface area (Å²) in [5.74, 6) is 1.72. The number of benzene rings is 1. The van der Waals surface area contributed by atoms with Crippen molar-refractivity contribution in [1.29, 1.82) is 0 Å². The lowest BCUT2D eigenvalue weighted by Gasteiger charge is -2.21. The third-order valence-electron chi connectivity index (χ3n) is 3.71. The van der Waals surface area contributed by atoms with Crippen molar-refractivity contribution in [3.63, 3.8) is 0 Å². The average molecular weight is 245 g/mol. The highest BCUT2D eigenvalue weighted by atomic mass is 16.5. The van der Waals surface area contributed by atoms with Gasteiger partial charge in [0, 0.05) is 6.04 Å². The Morgan fingerprint density at radius 1 is 1.28 bits per heavy atom. The van der Waals surface area contributed by atoms with Gasteiger partial charge in [-0.2, -0.15) is 0 Å².